The van der Waals surface area contributed by atoms with Crippen molar-refractivity contribution in [1.82, 2.24) is 9.97 Å². The predicted molar refractivity (Wildman–Crippen MR) is 77.4 cm³/mol. The van der Waals surface area contributed by atoms with E-state index in [-0.39, 0.29) is 12.0 Å². The third-order valence-corrected chi connectivity index (χ3v) is 2.90. The molecule has 0 spiro atoms. The van der Waals surface area contributed by atoms with Crippen LogP contribution in [0.25, 0.3) is 0 Å². The van der Waals surface area contributed by atoms with Crippen LogP contribution in [0.3, 0.4) is 0 Å². The molecule has 0 aliphatic heterocycles. The van der Waals surface area contributed by atoms with Crippen LogP contribution in [-0.2, 0) is 4.74 Å². The van der Waals surface area contributed by atoms with Crippen molar-refractivity contribution < 1.29 is 14.6 Å². The normalized spacial score (nSPS) is 16.3. The molecule has 0 saturated heterocycles. The van der Waals surface area contributed by atoms with Crippen molar-refractivity contribution in [3.63, 3.8) is 0 Å². The van der Waals surface area contributed by atoms with Crippen LogP contribution in [0.1, 0.15) is 13.8 Å². The first kappa shape index (κ1) is 16.3. The van der Waals surface area contributed by atoms with Gasteiger partial charge in [0.25, 0.3) is 0 Å². The Kier molecular flexibility index (Phi) is 6.90. The minimum Gasteiger partial charge on any atom is -0.459 e. The highest BCUT2D eigenvalue weighted by molar-refractivity contribution is 5.06. The van der Waals surface area contributed by atoms with Crippen LogP contribution in [0.4, 0.5) is 0 Å². The Morgan fingerprint density at radius 1 is 1.45 bits per heavy atom. The average Bonchev–Trinajstić information content (AvgIpc) is 2.47. The van der Waals surface area contributed by atoms with Gasteiger partial charge in [-0.15, -0.1) is 6.58 Å². The van der Waals surface area contributed by atoms with Crippen LogP contribution < -0.4 is 4.74 Å². The molecule has 0 aliphatic carbocycles. The lowest BCUT2D eigenvalue weighted by atomic mass is 9.97. The van der Waals surface area contributed by atoms with E-state index >= 15 is 0 Å². The number of aromatic nitrogens is 2. The van der Waals surface area contributed by atoms with E-state index in [9.17, 15) is 5.11 Å². The zero-order chi connectivity index (χ0) is 15.0. The first-order chi connectivity index (χ1) is 9.58. The highest BCUT2D eigenvalue weighted by Crippen LogP contribution is 2.14. The molecule has 0 radical (unpaired) electrons. The second-order valence-corrected chi connectivity index (χ2v) is 4.62. The van der Waals surface area contributed by atoms with Gasteiger partial charge in [-0.2, -0.15) is 0 Å². The van der Waals surface area contributed by atoms with Crippen molar-refractivity contribution in [3.05, 3.63) is 42.8 Å². The van der Waals surface area contributed by atoms with Gasteiger partial charge in [0.1, 0.15) is 12.7 Å². The molecule has 3 atom stereocenters. The van der Waals surface area contributed by atoms with Crippen LogP contribution in [0, 0.1) is 5.92 Å². The first-order valence-electron chi connectivity index (χ1n) is 6.49. The van der Waals surface area contributed by atoms with Crippen LogP contribution in [0.5, 0.6) is 6.01 Å². The summed E-state index contributed by atoms with van der Waals surface area (Å²) in [6.07, 6.45) is 5.77. The molecule has 1 rings (SSSR count). The van der Waals surface area contributed by atoms with Crippen molar-refractivity contribution in [3.8, 4) is 6.01 Å². The Bertz CT molecular complexity index is 434. The number of aliphatic hydroxyl groups is 1. The van der Waals surface area contributed by atoms with Gasteiger partial charge in [0.05, 0.1) is 6.10 Å². The van der Waals surface area contributed by atoms with Gasteiger partial charge in [0.2, 0.25) is 0 Å². The van der Waals surface area contributed by atoms with Crippen LogP contribution in [0.2, 0.25) is 0 Å². The fraction of sp³-hybridized carbons (Fsp3) is 0.467. The lowest BCUT2D eigenvalue weighted by Crippen LogP contribution is -2.31. The largest absolute Gasteiger partial charge is 0.459 e. The minimum absolute atomic E-state index is 0.0711. The molecule has 1 aromatic heterocycles. The van der Waals surface area contributed by atoms with E-state index in [1.807, 2.05) is 19.9 Å². The molecule has 20 heavy (non-hydrogen) atoms. The molecule has 0 bridgehead atoms. The standard InChI is InChI=1S/C15H22N2O3/c1-5-13(19-4)14(18)12(3)9-11(2)10-20-15-16-7-6-8-17-15/h5-9,12-14,18H,1,10H2,2-4H3/b11-9-/t12-,13?,14+/m1/s1. The van der Waals surface area contributed by atoms with Gasteiger partial charge in [-0.25, -0.2) is 9.97 Å². The molecular formula is C15H22N2O3. The van der Waals surface area contributed by atoms with Gasteiger partial charge in [-0.1, -0.05) is 19.1 Å². The summed E-state index contributed by atoms with van der Waals surface area (Å²) in [4.78, 5) is 7.95. The Labute approximate surface area is 120 Å². The number of hydrogen-bond donors (Lipinski definition) is 1. The van der Waals surface area contributed by atoms with Gasteiger partial charge in [0, 0.05) is 25.4 Å². The van der Waals surface area contributed by atoms with Crippen molar-refractivity contribution in [2.24, 2.45) is 5.92 Å². The maximum atomic E-state index is 10.1. The molecule has 5 nitrogen and oxygen atoms in total. The zero-order valence-electron chi connectivity index (χ0n) is 12.2. The molecule has 1 unspecified atom stereocenters. The van der Waals surface area contributed by atoms with E-state index in [2.05, 4.69) is 16.5 Å². The molecule has 0 aromatic carbocycles. The number of nitrogens with zero attached hydrogens (tertiary/aromatic N) is 2. The molecule has 1 aromatic rings. The maximum Gasteiger partial charge on any atom is 0.316 e. The monoisotopic (exact) mass is 278 g/mol. The lowest BCUT2D eigenvalue weighted by Gasteiger charge is -2.22. The fourth-order valence-electron chi connectivity index (χ4n) is 1.81. The summed E-state index contributed by atoms with van der Waals surface area (Å²) in [6, 6.07) is 2.07. The van der Waals surface area contributed by atoms with Crippen LogP contribution in [-0.4, -0.2) is 41.0 Å². The SMILES string of the molecule is C=CC(OC)[C@@H](O)[C@H](C)/C=C(/C)COc1ncccn1. The number of ether oxygens (including phenoxy) is 2. The molecular weight excluding hydrogens is 256 g/mol. The Hall–Kier alpha value is -1.72. The summed E-state index contributed by atoms with van der Waals surface area (Å²) in [6.45, 7) is 7.88. The van der Waals surface area contributed by atoms with E-state index in [4.69, 9.17) is 9.47 Å². The summed E-state index contributed by atoms with van der Waals surface area (Å²) in [5.74, 6) is -0.0711. The zero-order valence-corrected chi connectivity index (χ0v) is 12.2. The van der Waals surface area contributed by atoms with Gasteiger partial charge in [0.15, 0.2) is 0 Å². The van der Waals surface area contributed by atoms with Crippen molar-refractivity contribution in [2.45, 2.75) is 26.1 Å². The van der Waals surface area contributed by atoms with E-state index in [1.54, 1.807) is 31.6 Å². The number of aliphatic hydroxyl groups excluding tert-OH is 1. The quantitative estimate of drug-likeness (QED) is 0.737. The highest BCUT2D eigenvalue weighted by Gasteiger charge is 2.20. The number of rotatable bonds is 8. The first-order valence-corrected chi connectivity index (χ1v) is 6.49. The topological polar surface area (TPSA) is 64.5 Å². The summed E-state index contributed by atoms with van der Waals surface area (Å²) in [5, 5.41) is 10.1. The van der Waals surface area contributed by atoms with Crippen molar-refractivity contribution in [2.75, 3.05) is 13.7 Å². The van der Waals surface area contributed by atoms with E-state index < -0.39 is 6.10 Å². The second-order valence-electron chi connectivity index (χ2n) is 4.62. The average molecular weight is 278 g/mol. The molecule has 1 heterocycles. The van der Waals surface area contributed by atoms with Crippen LogP contribution >= 0.6 is 0 Å². The summed E-state index contributed by atoms with van der Waals surface area (Å²) >= 11 is 0. The van der Waals surface area contributed by atoms with Gasteiger partial charge >= 0.3 is 6.01 Å². The molecule has 0 amide bonds. The third-order valence-electron chi connectivity index (χ3n) is 2.90. The van der Waals surface area contributed by atoms with Crippen molar-refractivity contribution >= 4 is 0 Å². The summed E-state index contributed by atoms with van der Waals surface area (Å²) < 4.78 is 10.6. The lowest BCUT2D eigenvalue weighted by molar-refractivity contribution is -0.00160. The molecule has 0 saturated carbocycles. The smallest absolute Gasteiger partial charge is 0.316 e. The van der Waals surface area contributed by atoms with Crippen molar-refractivity contribution in [1.29, 1.82) is 0 Å². The Morgan fingerprint density at radius 3 is 2.65 bits per heavy atom. The second kappa shape index (κ2) is 8.45. The molecule has 5 heteroatoms. The molecule has 0 fully saturated rings. The van der Waals surface area contributed by atoms with Gasteiger partial charge in [-0.3, -0.25) is 0 Å². The third kappa shape index (κ3) is 5.11. The number of hydrogen-bond acceptors (Lipinski definition) is 5. The fourth-order valence-corrected chi connectivity index (χ4v) is 1.81. The Balaban J connectivity index is 2.53. The Morgan fingerprint density at radius 2 is 2.10 bits per heavy atom. The summed E-state index contributed by atoms with van der Waals surface area (Å²) in [5.41, 5.74) is 0.989. The summed E-state index contributed by atoms with van der Waals surface area (Å²) in [7, 11) is 1.55. The van der Waals surface area contributed by atoms with Gasteiger partial charge < -0.3 is 14.6 Å². The molecule has 110 valence electrons. The predicted octanol–water partition coefficient (Wildman–Crippen LogP) is 2.00. The van der Waals surface area contributed by atoms with E-state index in [0.717, 1.165) is 5.57 Å². The van der Waals surface area contributed by atoms with E-state index in [1.165, 1.54) is 0 Å². The highest BCUT2D eigenvalue weighted by atomic mass is 16.5. The molecule has 0 aliphatic rings. The molecule has 1 N–H and O–H groups in total. The van der Waals surface area contributed by atoms with Crippen LogP contribution in [0.15, 0.2) is 42.8 Å². The number of methoxy groups -OCH3 is 1. The maximum absolute atomic E-state index is 10.1. The minimum atomic E-state index is -0.638. The van der Waals surface area contributed by atoms with E-state index in [0.29, 0.717) is 12.6 Å². The van der Waals surface area contributed by atoms with Gasteiger partial charge in [-0.05, 0) is 18.6 Å².